The monoisotopic (exact) mass is 602 g/mol. The average Bonchev–Trinajstić information content (AvgIpc) is 2.93. The first kappa shape index (κ1) is 38.3. The van der Waals surface area contributed by atoms with E-state index in [4.69, 9.17) is 14.6 Å². The summed E-state index contributed by atoms with van der Waals surface area (Å²) in [6.07, 6.45) is 0.609. The fourth-order valence-corrected chi connectivity index (χ4v) is 3.72. The Hall–Kier alpha value is -3.72. The number of hydrogen-bond donors (Lipinski definition) is 5. The van der Waals surface area contributed by atoms with Crippen molar-refractivity contribution in [2.75, 3.05) is 40.0 Å². The number of aliphatic carboxylic acids is 3. The minimum absolute atomic E-state index is 0.00273. The van der Waals surface area contributed by atoms with Crippen molar-refractivity contribution in [3.05, 3.63) is 0 Å². The highest BCUT2D eigenvalue weighted by Crippen LogP contribution is 2.16. The zero-order valence-electron chi connectivity index (χ0n) is 23.9. The van der Waals surface area contributed by atoms with E-state index in [0.717, 1.165) is 0 Å². The van der Waals surface area contributed by atoms with Crippen LogP contribution in [0.25, 0.3) is 0 Å². The number of carboxylic acids is 3. The standard InChI is InChI=1S/C27H42N2O13/c1-28-23(33)9-7-19(26(37)38)16-21(31)17-42-14-13-41-12-11-29-24(34)10-8-18(25(35)36)15-20(30)5-3-2-4-6-22(32)27(39)40/h18-19H,2-17H2,1H3,(H,28,33)(H,29,34)(H,35,36)(H,37,38)(H,39,40)/t18-,19-/m1/s1. The lowest BCUT2D eigenvalue weighted by atomic mass is 9.94. The lowest BCUT2D eigenvalue weighted by molar-refractivity contribution is -0.149. The molecular formula is C27H42N2O13. The Morgan fingerprint density at radius 2 is 1.19 bits per heavy atom. The van der Waals surface area contributed by atoms with E-state index in [0.29, 0.717) is 19.3 Å². The summed E-state index contributed by atoms with van der Waals surface area (Å²) in [5.41, 5.74) is 0. The van der Waals surface area contributed by atoms with Crippen molar-refractivity contribution in [1.29, 1.82) is 0 Å². The number of Topliss-reactive ketones (excluding diaryl/α,β-unsaturated/α-hetero) is 3. The molecule has 0 saturated heterocycles. The summed E-state index contributed by atoms with van der Waals surface area (Å²) in [6, 6.07) is 0. The Morgan fingerprint density at radius 1 is 0.643 bits per heavy atom. The second kappa shape index (κ2) is 22.9. The number of carbonyl (C=O) groups excluding carboxylic acids is 5. The summed E-state index contributed by atoms with van der Waals surface area (Å²) in [5.74, 6) is -8.16. The summed E-state index contributed by atoms with van der Waals surface area (Å²) in [5, 5.41) is 32.0. The number of amides is 2. The fourth-order valence-electron chi connectivity index (χ4n) is 3.72. The number of rotatable bonds is 27. The van der Waals surface area contributed by atoms with E-state index in [2.05, 4.69) is 10.6 Å². The maximum absolute atomic E-state index is 12.1. The van der Waals surface area contributed by atoms with E-state index in [-0.39, 0.29) is 96.0 Å². The maximum atomic E-state index is 12.1. The van der Waals surface area contributed by atoms with Gasteiger partial charge in [0.2, 0.25) is 17.6 Å². The molecule has 0 aromatic heterocycles. The van der Waals surface area contributed by atoms with Crippen LogP contribution in [-0.4, -0.2) is 102 Å². The van der Waals surface area contributed by atoms with Gasteiger partial charge in [-0.15, -0.1) is 0 Å². The van der Waals surface area contributed by atoms with Crippen molar-refractivity contribution in [1.82, 2.24) is 10.6 Å². The third kappa shape index (κ3) is 20.2. The van der Waals surface area contributed by atoms with E-state index < -0.39 is 47.2 Å². The number of carbonyl (C=O) groups is 8. The number of carboxylic acid groups (broad SMARTS) is 3. The van der Waals surface area contributed by atoms with Crippen molar-refractivity contribution >= 4 is 47.1 Å². The van der Waals surface area contributed by atoms with Gasteiger partial charge in [-0.1, -0.05) is 6.42 Å². The Balaban J connectivity index is 4.01. The average molecular weight is 603 g/mol. The minimum atomic E-state index is -1.49. The Bertz CT molecular complexity index is 935. The smallest absolute Gasteiger partial charge is 0.372 e. The van der Waals surface area contributed by atoms with Crippen molar-refractivity contribution in [3.8, 4) is 0 Å². The van der Waals surface area contributed by atoms with E-state index >= 15 is 0 Å². The van der Waals surface area contributed by atoms with Crippen LogP contribution in [0.2, 0.25) is 0 Å². The van der Waals surface area contributed by atoms with Crippen LogP contribution in [0.1, 0.15) is 70.6 Å². The number of ketones is 3. The molecule has 0 unspecified atom stereocenters. The summed E-state index contributed by atoms with van der Waals surface area (Å²) in [4.78, 5) is 91.5. The molecule has 15 nitrogen and oxygen atoms in total. The molecule has 0 spiro atoms. The molecule has 0 aliphatic carbocycles. The molecule has 0 aliphatic rings. The number of ether oxygens (including phenoxy) is 2. The van der Waals surface area contributed by atoms with Gasteiger partial charge >= 0.3 is 17.9 Å². The van der Waals surface area contributed by atoms with Gasteiger partial charge in [0.1, 0.15) is 12.4 Å². The second-order valence-electron chi connectivity index (χ2n) is 9.61. The first-order valence-corrected chi connectivity index (χ1v) is 13.7. The largest absolute Gasteiger partial charge is 0.481 e. The molecule has 0 bridgehead atoms. The third-order valence-corrected chi connectivity index (χ3v) is 6.17. The number of unbranched alkanes of at least 4 members (excludes halogenated alkanes) is 2. The topological polar surface area (TPSA) is 240 Å². The van der Waals surface area contributed by atoms with Crippen LogP contribution in [-0.2, 0) is 47.8 Å². The highest BCUT2D eigenvalue weighted by molar-refractivity contribution is 6.32. The molecule has 0 aromatic carbocycles. The first-order chi connectivity index (χ1) is 19.9. The summed E-state index contributed by atoms with van der Waals surface area (Å²) in [6.45, 7) is 0.142. The van der Waals surface area contributed by atoms with Crippen molar-refractivity contribution in [2.45, 2.75) is 70.6 Å². The highest BCUT2D eigenvalue weighted by Gasteiger charge is 2.23. The van der Waals surface area contributed by atoms with Crippen LogP contribution in [0.15, 0.2) is 0 Å². The maximum Gasteiger partial charge on any atom is 0.372 e. The predicted molar refractivity (Wildman–Crippen MR) is 144 cm³/mol. The highest BCUT2D eigenvalue weighted by atomic mass is 16.5. The molecule has 5 N–H and O–H groups in total. The van der Waals surface area contributed by atoms with Crippen LogP contribution in [0.4, 0.5) is 0 Å². The van der Waals surface area contributed by atoms with Crippen LogP contribution in [0, 0.1) is 11.8 Å². The van der Waals surface area contributed by atoms with Gasteiger partial charge in [-0.25, -0.2) is 4.79 Å². The third-order valence-electron chi connectivity index (χ3n) is 6.17. The van der Waals surface area contributed by atoms with Crippen LogP contribution >= 0.6 is 0 Å². The Labute approximate surface area is 243 Å². The first-order valence-electron chi connectivity index (χ1n) is 13.7. The Morgan fingerprint density at radius 3 is 1.76 bits per heavy atom. The molecule has 15 heteroatoms. The molecule has 0 aliphatic heterocycles. The molecule has 42 heavy (non-hydrogen) atoms. The Kier molecular flexibility index (Phi) is 20.9. The number of hydrogen-bond acceptors (Lipinski definition) is 10. The summed E-state index contributed by atoms with van der Waals surface area (Å²) < 4.78 is 10.5. The molecule has 0 radical (unpaired) electrons. The van der Waals surface area contributed by atoms with Crippen LogP contribution < -0.4 is 10.6 Å². The quantitative estimate of drug-likeness (QED) is 0.0631. The molecule has 0 fully saturated rings. The van der Waals surface area contributed by atoms with Gasteiger partial charge in [-0.05, 0) is 25.7 Å². The number of nitrogens with one attached hydrogen (secondary N) is 2. The van der Waals surface area contributed by atoms with Gasteiger partial charge in [0, 0.05) is 52.1 Å². The van der Waals surface area contributed by atoms with Crippen LogP contribution in [0.5, 0.6) is 0 Å². The SMILES string of the molecule is CNC(=O)CC[C@H](CC(=O)COCCOCCNC(=O)CC[C@H](CC(=O)CCCCCC(=O)C(=O)O)C(=O)O)C(=O)O. The molecule has 2 atom stereocenters. The van der Waals surface area contributed by atoms with Gasteiger partial charge in [0.15, 0.2) is 5.78 Å². The summed E-state index contributed by atoms with van der Waals surface area (Å²) in [7, 11) is 1.44. The second-order valence-corrected chi connectivity index (χ2v) is 9.61. The van der Waals surface area contributed by atoms with Gasteiger partial charge < -0.3 is 35.4 Å². The molecular weight excluding hydrogens is 560 g/mol. The van der Waals surface area contributed by atoms with Gasteiger partial charge in [-0.3, -0.25) is 33.6 Å². The van der Waals surface area contributed by atoms with Gasteiger partial charge in [0.25, 0.3) is 0 Å². The predicted octanol–water partition coefficient (Wildman–Crippen LogP) is 0.366. The van der Waals surface area contributed by atoms with Gasteiger partial charge in [-0.2, -0.15) is 0 Å². The minimum Gasteiger partial charge on any atom is -0.481 e. The summed E-state index contributed by atoms with van der Waals surface area (Å²) >= 11 is 0. The van der Waals surface area contributed by atoms with E-state index in [9.17, 15) is 48.6 Å². The molecule has 238 valence electrons. The van der Waals surface area contributed by atoms with Crippen LogP contribution in [0.3, 0.4) is 0 Å². The molecule has 0 saturated carbocycles. The van der Waals surface area contributed by atoms with E-state index in [1.807, 2.05) is 0 Å². The van der Waals surface area contributed by atoms with E-state index in [1.54, 1.807) is 0 Å². The van der Waals surface area contributed by atoms with E-state index in [1.165, 1.54) is 7.05 Å². The van der Waals surface area contributed by atoms with Gasteiger partial charge in [0.05, 0.1) is 31.7 Å². The van der Waals surface area contributed by atoms with Crippen molar-refractivity contribution < 1.29 is 63.1 Å². The lowest BCUT2D eigenvalue weighted by Crippen LogP contribution is -2.29. The normalized spacial score (nSPS) is 12.1. The fraction of sp³-hybridized carbons (Fsp3) is 0.704. The molecule has 0 heterocycles. The molecule has 0 aromatic rings. The molecule has 2 amide bonds. The molecule has 0 rings (SSSR count). The zero-order valence-corrected chi connectivity index (χ0v) is 23.9. The lowest BCUT2D eigenvalue weighted by Gasteiger charge is -2.12. The van der Waals surface area contributed by atoms with Crippen molar-refractivity contribution in [3.63, 3.8) is 0 Å². The van der Waals surface area contributed by atoms with Crippen molar-refractivity contribution in [2.24, 2.45) is 11.8 Å². The zero-order chi connectivity index (χ0) is 31.9.